The first kappa shape index (κ1) is 12.8. The zero-order valence-electron chi connectivity index (χ0n) is 9.75. The lowest BCUT2D eigenvalue weighted by molar-refractivity contribution is 0.102. The van der Waals surface area contributed by atoms with Crippen molar-refractivity contribution in [3.63, 3.8) is 0 Å². The van der Waals surface area contributed by atoms with E-state index in [2.05, 4.69) is 26.4 Å². The van der Waals surface area contributed by atoms with Gasteiger partial charge in [0.05, 0.1) is 10.7 Å². The van der Waals surface area contributed by atoms with E-state index in [0.29, 0.717) is 27.0 Å². The number of aromatic nitrogens is 1. The number of nitrogens with zero attached hydrogens (tertiary/aromatic N) is 1. The smallest absolute Gasteiger partial charge is 0.260 e. The van der Waals surface area contributed by atoms with Crippen LogP contribution in [0.25, 0.3) is 0 Å². The van der Waals surface area contributed by atoms with E-state index in [0.717, 1.165) is 0 Å². The molecule has 0 atom stereocenters. The predicted molar refractivity (Wildman–Crippen MR) is 68.0 cm³/mol. The van der Waals surface area contributed by atoms with Gasteiger partial charge in [-0.05, 0) is 47.5 Å². The standard InChI is InChI=1S/C12H10BrFN2O2/c1-6-3-10(14)9(13)4-11(6)16-12(17)8-5-15-18-7(8)2/h3-5H,1-2H3,(H,16,17). The van der Waals surface area contributed by atoms with Crippen LogP contribution in [0.5, 0.6) is 0 Å². The second-order valence-corrected chi connectivity index (χ2v) is 4.69. The molecule has 1 amide bonds. The lowest BCUT2D eigenvalue weighted by Crippen LogP contribution is -2.13. The Labute approximate surface area is 111 Å². The molecule has 1 aromatic heterocycles. The third-order valence-corrected chi connectivity index (χ3v) is 3.12. The van der Waals surface area contributed by atoms with E-state index in [4.69, 9.17) is 4.52 Å². The van der Waals surface area contributed by atoms with E-state index in [1.165, 1.54) is 18.3 Å². The molecule has 0 bridgehead atoms. The number of hydrogen-bond donors (Lipinski definition) is 1. The minimum absolute atomic E-state index is 0.297. The summed E-state index contributed by atoms with van der Waals surface area (Å²) in [7, 11) is 0. The molecule has 94 valence electrons. The quantitative estimate of drug-likeness (QED) is 0.924. The van der Waals surface area contributed by atoms with Gasteiger partial charge in [-0.25, -0.2) is 4.39 Å². The summed E-state index contributed by atoms with van der Waals surface area (Å²) in [6, 6.07) is 2.87. The van der Waals surface area contributed by atoms with Crippen molar-refractivity contribution in [3.05, 3.63) is 45.5 Å². The average molecular weight is 313 g/mol. The second-order valence-electron chi connectivity index (χ2n) is 3.83. The number of benzene rings is 1. The largest absolute Gasteiger partial charge is 0.361 e. The van der Waals surface area contributed by atoms with Crippen LogP contribution in [0.1, 0.15) is 21.7 Å². The molecule has 0 unspecified atom stereocenters. The molecule has 0 aliphatic rings. The molecule has 0 saturated heterocycles. The van der Waals surface area contributed by atoms with Gasteiger partial charge in [-0.1, -0.05) is 5.16 Å². The van der Waals surface area contributed by atoms with Crippen LogP contribution in [0.4, 0.5) is 10.1 Å². The first-order chi connectivity index (χ1) is 8.49. The molecule has 1 N–H and O–H groups in total. The molecule has 0 radical (unpaired) electrons. The van der Waals surface area contributed by atoms with E-state index < -0.39 is 0 Å². The number of rotatable bonds is 2. The fourth-order valence-electron chi connectivity index (χ4n) is 1.49. The van der Waals surface area contributed by atoms with Crippen LogP contribution in [0.15, 0.2) is 27.3 Å². The Morgan fingerprint density at radius 1 is 1.44 bits per heavy atom. The highest BCUT2D eigenvalue weighted by Crippen LogP contribution is 2.24. The number of anilines is 1. The number of amides is 1. The molecule has 0 fully saturated rings. The second kappa shape index (κ2) is 4.89. The molecular formula is C12H10BrFN2O2. The molecule has 2 rings (SSSR count). The molecular weight excluding hydrogens is 303 g/mol. The van der Waals surface area contributed by atoms with Crippen molar-refractivity contribution < 1.29 is 13.7 Å². The SMILES string of the molecule is Cc1cc(F)c(Br)cc1NC(=O)c1cnoc1C. The summed E-state index contributed by atoms with van der Waals surface area (Å²) >= 11 is 3.08. The zero-order valence-corrected chi connectivity index (χ0v) is 11.3. The molecule has 2 aromatic rings. The summed E-state index contributed by atoms with van der Waals surface area (Å²) in [4.78, 5) is 11.9. The van der Waals surface area contributed by atoms with Gasteiger partial charge in [0.2, 0.25) is 0 Å². The first-order valence-corrected chi connectivity index (χ1v) is 5.96. The van der Waals surface area contributed by atoms with Crippen LogP contribution in [-0.4, -0.2) is 11.1 Å². The Balaban J connectivity index is 2.28. The average Bonchev–Trinajstić information content (AvgIpc) is 2.72. The van der Waals surface area contributed by atoms with Crippen molar-refractivity contribution in [2.45, 2.75) is 13.8 Å². The van der Waals surface area contributed by atoms with Crippen molar-refractivity contribution in [3.8, 4) is 0 Å². The van der Waals surface area contributed by atoms with Gasteiger partial charge in [-0.2, -0.15) is 0 Å². The van der Waals surface area contributed by atoms with Gasteiger partial charge in [-0.15, -0.1) is 0 Å². The van der Waals surface area contributed by atoms with E-state index >= 15 is 0 Å². The number of carbonyl (C=O) groups excluding carboxylic acids is 1. The van der Waals surface area contributed by atoms with E-state index in [1.807, 2.05) is 0 Å². The van der Waals surface area contributed by atoms with Gasteiger partial charge in [0.15, 0.2) is 0 Å². The molecule has 0 aliphatic heterocycles. The maximum atomic E-state index is 13.2. The number of halogens is 2. The van der Waals surface area contributed by atoms with Crippen LogP contribution in [0.2, 0.25) is 0 Å². The lowest BCUT2D eigenvalue weighted by atomic mass is 10.2. The number of aryl methyl sites for hydroxylation is 2. The van der Waals surface area contributed by atoms with Gasteiger partial charge in [0.25, 0.3) is 5.91 Å². The third-order valence-electron chi connectivity index (χ3n) is 2.51. The molecule has 1 heterocycles. The van der Waals surface area contributed by atoms with Crippen LogP contribution in [0, 0.1) is 19.7 Å². The van der Waals surface area contributed by atoms with Crippen LogP contribution < -0.4 is 5.32 Å². The number of nitrogens with one attached hydrogen (secondary N) is 1. The van der Waals surface area contributed by atoms with Gasteiger partial charge >= 0.3 is 0 Å². The zero-order chi connectivity index (χ0) is 13.3. The van der Waals surface area contributed by atoms with Crippen LogP contribution in [-0.2, 0) is 0 Å². The van der Waals surface area contributed by atoms with Gasteiger partial charge in [0.1, 0.15) is 17.1 Å². The molecule has 6 heteroatoms. The molecule has 0 saturated carbocycles. The monoisotopic (exact) mass is 312 g/mol. The van der Waals surface area contributed by atoms with Crippen LogP contribution in [0.3, 0.4) is 0 Å². The summed E-state index contributed by atoms with van der Waals surface area (Å²) in [5, 5.41) is 6.22. The first-order valence-electron chi connectivity index (χ1n) is 5.17. The van der Waals surface area contributed by atoms with Crippen LogP contribution >= 0.6 is 15.9 Å². The molecule has 1 aromatic carbocycles. The van der Waals surface area contributed by atoms with Gasteiger partial charge in [-0.3, -0.25) is 4.79 Å². The normalized spacial score (nSPS) is 10.4. The molecule has 0 aliphatic carbocycles. The minimum Gasteiger partial charge on any atom is -0.361 e. The topological polar surface area (TPSA) is 55.1 Å². The predicted octanol–water partition coefficient (Wildman–Crippen LogP) is 3.45. The van der Waals surface area contributed by atoms with E-state index in [1.54, 1.807) is 13.8 Å². The maximum Gasteiger partial charge on any atom is 0.260 e. The molecule has 18 heavy (non-hydrogen) atoms. The van der Waals surface area contributed by atoms with Crippen molar-refractivity contribution >= 4 is 27.5 Å². The Kier molecular flexibility index (Phi) is 3.47. The van der Waals surface area contributed by atoms with Gasteiger partial charge < -0.3 is 9.84 Å². The summed E-state index contributed by atoms with van der Waals surface area (Å²) in [6.07, 6.45) is 1.35. The van der Waals surface area contributed by atoms with Gasteiger partial charge in [0, 0.05) is 5.69 Å². The lowest BCUT2D eigenvalue weighted by Gasteiger charge is -2.08. The van der Waals surface area contributed by atoms with Crippen molar-refractivity contribution in [2.75, 3.05) is 5.32 Å². The van der Waals surface area contributed by atoms with E-state index in [9.17, 15) is 9.18 Å². The Bertz CT molecular complexity index is 610. The maximum absolute atomic E-state index is 13.2. The highest BCUT2D eigenvalue weighted by atomic mass is 79.9. The summed E-state index contributed by atoms with van der Waals surface area (Å²) in [6.45, 7) is 3.36. The van der Waals surface area contributed by atoms with Crippen molar-refractivity contribution in [2.24, 2.45) is 0 Å². The fourth-order valence-corrected chi connectivity index (χ4v) is 1.83. The third kappa shape index (κ3) is 2.43. The van der Waals surface area contributed by atoms with Crippen molar-refractivity contribution in [1.29, 1.82) is 0 Å². The molecule has 0 spiro atoms. The fraction of sp³-hybridized carbons (Fsp3) is 0.167. The Morgan fingerprint density at radius 3 is 2.78 bits per heavy atom. The van der Waals surface area contributed by atoms with Crippen molar-refractivity contribution in [1.82, 2.24) is 5.16 Å². The number of hydrogen-bond acceptors (Lipinski definition) is 3. The van der Waals surface area contributed by atoms with E-state index in [-0.39, 0.29) is 11.7 Å². The highest BCUT2D eigenvalue weighted by Gasteiger charge is 2.14. The minimum atomic E-state index is -0.369. The highest BCUT2D eigenvalue weighted by molar-refractivity contribution is 9.10. The Hall–Kier alpha value is -1.69. The summed E-state index contributed by atoms with van der Waals surface area (Å²) in [5.74, 6) is -0.270. The molecule has 4 nitrogen and oxygen atoms in total. The number of carbonyl (C=O) groups is 1. The summed E-state index contributed by atoms with van der Waals surface area (Å²) < 4.78 is 18.4. The summed E-state index contributed by atoms with van der Waals surface area (Å²) in [5.41, 5.74) is 1.53. The Morgan fingerprint density at radius 2 is 2.17 bits per heavy atom.